The van der Waals surface area contributed by atoms with E-state index in [0.29, 0.717) is 11.8 Å². The van der Waals surface area contributed by atoms with Crippen LogP contribution < -0.4 is 5.73 Å². The molecule has 0 aliphatic heterocycles. The average Bonchev–Trinajstić information content (AvgIpc) is 2.69. The second-order valence-corrected chi connectivity index (χ2v) is 6.59. The molecule has 1 heterocycles. The Kier molecular flexibility index (Phi) is 2.99. The fourth-order valence-electron chi connectivity index (χ4n) is 3.21. The van der Waals surface area contributed by atoms with Crippen LogP contribution in [0.15, 0.2) is 22.7 Å². The zero-order chi connectivity index (χ0) is 12.9. The van der Waals surface area contributed by atoms with Gasteiger partial charge in [0.05, 0.1) is 0 Å². The van der Waals surface area contributed by atoms with Crippen molar-refractivity contribution in [2.75, 3.05) is 0 Å². The molecule has 96 valence electrons. The molecule has 0 spiro atoms. The average molecular weight is 307 g/mol. The lowest BCUT2D eigenvalue weighted by Crippen LogP contribution is -2.22. The smallest absolute Gasteiger partial charge is 0.0460 e. The van der Waals surface area contributed by atoms with E-state index in [1.54, 1.807) is 0 Å². The van der Waals surface area contributed by atoms with Gasteiger partial charge >= 0.3 is 0 Å². The molecule has 1 aliphatic rings. The van der Waals surface area contributed by atoms with Crippen LogP contribution in [0, 0.1) is 5.92 Å². The van der Waals surface area contributed by atoms with Crippen LogP contribution in [0.5, 0.6) is 0 Å². The molecule has 3 rings (SSSR count). The van der Waals surface area contributed by atoms with E-state index in [2.05, 4.69) is 53.0 Å². The predicted molar refractivity (Wildman–Crippen MR) is 79.7 cm³/mol. The van der Waals surface area contributed by atoms with Gasteiger partial charge in [0.2, 0.25) is 0 Å². The number of fused-ring (bicyclic) bond motifs is 3. The number of nitrogens with two attached hydrogens (primary N) is 1. The highest BCUT2D eigenvalue weighted by Gasteiger charge is 2.30. The summed E-state index contributed by atoms with van der Waals surface area (Å²) in [6.45, 7) is 4.62. The van der Waals surface area contributed by atoms with Crippen LogP contribution in [-0.4, -0.2) is 4.98 Å². The Morgan fingerprint density at radius 2 is 2.11 bits per heavy atom. The zero-order valence-electron chi connectivity index (χ0n) is 10.8. The molecule has 0 bridgehead atoms. The third-order valence-corrected chi connectivity index (χ3v) is 4.66. The summed E-state index contributed by atoms with van der Waals surface area (Å²) < 4.78 is 1.14. The largest absolute Gasteiger partial charge is 0.357 e. The Bertz CT molecular complexity index is 585. The number of aromatic nitrogens is 1. The summed E-state index contributed by atoms with van der Waals surface area (Å²) in [6.07, 6.45) is 2.29. The number of halogens is 1. The van der Waals surface area contributed by atoms with Gasteiger partial charge in [-0.15, -0.1) is 0 Å². The second-order valence-electron chi connectivity index (χ2n) is 5.68. The minimum atomic E-state index is 0.168. The maximum absolute atomic E-state index is 6.27. The summed E-state index contributed by atoms with van der Waals surface area (Å²) in [7, 11) is 0. The molecule has 2 unspecified atom stereocenters. The molecule has 1 aliphatic carbocycles. The summed E-state index contributed by atoms with van der Waals surface area (Å²) in [5.74, 6) is 1.29. The summed E-state index contributed by atoms with van der Waals surface area (Å²) >= 11 is 3.57. The summed E-state index contributed by atoms with van der Waals surface area (Å²) in [4.78, 5) is 3.53. The van der Waals surface area contributed by atoms with Crippen molar-refractivity contribution in [3.05, 3.63) is 33.9 Å². The number of H-pyrrole nitrogens is 1. The standard InChI is InChI=1S/C15H19BrN2/c1-8(2)10-4-5-12(17)15-14(10)11-7-9(16)3-6-13(11)18-15/h3,6-8,10,12,18H,4-5,17H2,1-2H3. The number of hydrogen-bond donors (Lipinski definition) is 2. The Morgan fingerprint density at radius 3 is 2.83 bits per heavy atom. The van der Waals surface area contributed by atoms with Crippen LogP contribution in [0.2, 0.25) is 0 Å². The lowest BCUT2D eigenvalue weighted by Gasteiger charge is -2.29. The molecule has 0 amide bonds. The molecular formula is C15H19BrN2. The Balaban J connectivity index is 2.28. The van der Waals surface area contributed by atoms with E-state index in [9.17, 15) is 0 Å². The molecule has 2 atom stereocenters. The lowest BCUT2D eigenvalue weighted by molar-refractivity contribution is 0.404. The SMILES string of the molecule is CC(C)C1CCC(N)c2[nH]c3ccc(Br)cc3c21. The van der Waals surface area contributed by atoms with Crippen LogP contribution in [0.1, 0.15) is 49.9 Å². The van der Waals surface area contributed by atoms with Crippen molar-refractivity contribution in [3.63, 3.8) is 0 Å². The van der Waals surface area contributed by atoms with E-state index >= 15 is 0 Å². The maximum atomic E-state index is 6.27. The van der Waals surface area contributed by atoms with Crippen molar-refractivity contribution in [1.82, 2.24) is 4.98 Å². The van der Waals surface area contributed by atoms with Crippen molar-refractivity contribution in [2.45, 2.75) is 38.6 Å². The van der Waals surface area contributed by atoms with Gasteiger partial charge in [0.1, 0.15) is 0 Å². The molecule has 0 saturated carbocycles. The van der Waals surface area contributed by atoms with Crippen molar-refractivity contribution in [2.24, 2.45) is 11.7 Å². The van der Waals surface area contributed by atoms with Crippen molar-refractivity contribution in [1.29, 1.82) is 0 Å². The van der Waals surface area contributed by atoms with Crippen LogP contribution in [-0.2, 0) is 0 Å². The second kappa shape index (κ2) is 4.39. The molecule has 1 aromatic carbocycles. The van der Waals surface area contributed by atoms with Gasteiger partial charge in [0.15, 0.2) is 0 Å². The van der Waals surface area contributed by atoms with Crippen LogP contribution in [0.25, 0.3) is 10.9 Å². The predicted octanol–water partition coefficient (Wildman–Crippen LogP) is 4.46. The topological polar surface area (TPSA) is 41.8 Å². The number of hydrogen-bond acceptors (Lipinski definition) is 1. The van der Waals surface area contributed by atoms with Gasteiger partial charge in [-0.05, 0) is 48.4 Å². The van der Waals surface area contributed by atoms with Gasteiger partial charge in [-0.2, -0.15) is 0 Å². The van der Waals surface area contributed by atoms with E-state index in [0.717, 1.165) is 10.9 Å². The van der Waals surface area contributed by atoms with Gasteiger partial charge in [-0.1, -0.05) is 29.8 Å². The molecule has 18 heavy (non-hydrogen) atoms. The van der Waals surface area contributed by atoms with Gasteiger partial charge in [0.25, 0.3) is 0 Å². The van der Waals surface area contributed by atoms with Crippen molar-refractivity contribution >= 4 is 26.8 Å². The van der Waals surface area contributed by atoms with Gasteiger partial charge < -0.3 is 10.7 Å². The third-order valence-electron chi connectivity index (χ3n) is 4.17. The molecule has 0 saturated heterocycles. The minimum absolute atomic E-state index is 0.168. The third kappa shape index (κ3) is 1.81. The number of aromatic amines is 1. The number of benzene rings is 1. The molecule has 3 heteroatoms. The van der Waals surface area contributed by atoms with Gasteiger partial charge in [0, 0.05) is 27.1 Å². The molecular weight excluding hydrogens is 288 g/mol. The van der Waals surface area contributed by atoms with E-state index in [-0.39, 0.29) is 6.04 Å². The van der Waals surface area contributed by atoms with Crippen LogP contribution >= 0.6 is 15.9 Å². The van der Waals surface area contributed by atoms with Crippen molar-refractivity contribution in [3.8, 4) is 0 Å². The first-order valence-electron chi connectivity index (χ1n) is 6.64. The fourth-order valence-corrected chi connectivity index (χ4v) is 3.57. The molecule has 0 fully saturated rings. The first kappa shape index (κ1) is 12.2. The van der Waals surface area contributed by atoms with E-state index < -0.39 is 0 Å². The van der Waals surface area contributed by atoms with E-state index in [1.807, 2.05) is 0 Å². The van der Waals surface area contributed by atoms with Crippen molar-refractivity contribution < 1.29 is 0 Å². The minimum Gasteiger partial charge on any atom is -0.357 e. The molecule has 2 nitrogen and oxygen atoms in total. The van der Waals surface area contributed by atoms with E-state index in [4.69, 9.17) is 5.73 Å². The summed E-state index contributed by atoms with van der Waals surface area (Å²) in [5.41, 5.74) is 10.2. The first-order chi connectivity index (χ1) is 8.58. The fraction of sp³-hybridized carbons (Fsp3) is 0.467. The number of rotatable bonds is 1. The highest BCUT2D eigenvalue weighted by molar-refractivity contribution is 9.10. The Morgan fingerprint density at radius 1 is 1.33 bits per heavy atom. The Hall–Kier alpha value is -0.800. The molecule has 3 N–H and O–H groups in total. The highest BCUT2D eigenvalue weighted by Crippen LogP contribution is 2.44. The van der Waals surface area contributed by atoms with E-state index in [1.165, 1.54) is 28.6 Å². The lowest BCUT2D eigenvalue weighted by atomic mass is 9.77. The highest BCUT2D eigenvalue weighted by atomic mass is 79.9. The Labute approximate surface area is 116 Å². The van der Waals surface area contributed by atoms with Crippen LogP contribution in [0.3, 0.4) is 0 Å². The maximum Gasteiger partial charge on any atom is 0.0460 e. The van der Waals surface area contributed by atoms with Gasteiger partial charge in [-0.3, -0.25) is 0 Å². The number of nitrogens with one attached hydrogen (secondary N) is 1. The van der Waals surface area contributed by atoms with Crippen LogP contribution in [0.4, 0.5) is 0 Å². The summed E-state index contributed by atoms with van der Waals surface area (Å²) in [5, 5.41) is 1.34. The zero-order valence-corrected chi connectivity index (χ0v) is 12.4. The molecule has 1 aromatic heterocycles. The normalized spacial score (nSPS) is 23.6. The quantitative estimate of drug-likeness (QED) is 0.802. The molecule has 2 aromatic rings. The van der Waals surface area contributed by atoms with Gasteiger partial charge in [-0.25, -0.2) is 0 Å². The summed E-state index contributed by atoms with van der Waals surface area (Å²) in [6, 6.07) is 6.61. The molecule has 0 radical (unpaired) electrons. The monoisotopic (exact) mass is 306 g/mol. The first-order valence-corrected chi connectivity index (χ1v) is 7.44.